The molecule has 0 atom stereocenters. The van der Waals surface area contributed by atoms with E-state index in [9.17, 15) is 0 Å². The summed E-state index contributed by atoms with van der Waals surface area (Å²) in [7, 11) is 0. The van der Waals surface area contributed by atoms with Crippen LogP contribution in [0.15, 0.2) is 42.5 Å². The Morgan fingerprint density at radius 3 is 2.69 bits per heavy atom. The second-order valence-corrected chi connectivity index (χ2v) is 5.26. The minimum atomic E-state index is 0.701. The van der Waals surface area contributed by atoms with Gasteiger partial charge in [0, 0.05) is 12.6 Å². The zero-order valence-corrected chi connectivity index (χ0v) is 16.6. The number of imidazole rings is 1. The first-order valence-corrected chi connectivity index (χ1v) is 9.18. The Morgan fingerprint density at radius 2 is 2.08 bits per heavy atom. The van der Waals surface area contributed by atoms with Crippen LogP contribution in [0.4, 0.5) is 5.82 Å². The Balaban J connectivity index is 0.00000163. The molecular formula is C21H31N5. The van der Waals surface area contributed by atoms with Crippen molar-refractivity contribution in [3.8, 4) is 11.5 Å². The van der Waals surface area contributed by atoms with Crippen LogP contribution in [-0.2, 0) is 0 Å². The first kappa shape index (κ1) is 21.2. The summed E-state index contributed by atoms with van der Waals surface area (Å²) in [6.45, 7) is 14.5. The molecule has 2 aromatic heterocycles. The molecule has 2 aromatic rings. The fourth-order valence-electron chi connectivity index (χ4n) is 2.28. The molecular weight excluding hydrogens is 322 g/mol. The summed E-state index contributed by atoms with van der Waals surface area (Å²) in [5.41, 5.74) is 2.03. The Kier molecular flexibility index (Phi) is 9.54. The highest BCUT2D eigenvalue weighted by atomic mass is 15.2. The summed E-state index contributed by atoms with van der Waals surface area (Å²) < 4.78 is 0. The number of rotatable bonds is 7. The van der Waals surface area contributed by atoms with E-state index in [1.54, 1.807) is 6.08 Å². The molecule has 0 amide bonds. The highest BCUT2D eigenvalue weighted by Gasteiger charge is 2.07. The Morgan fingerprint density at radius 1 is 1.31 bits per heavy atom. The van der Waals surface area contributed by atoms with Crippen molar-refractivity contribution < 1.29 is 0 Å². The second-order valence-electron chi connectivity index (χ2n) is 5.26. The van der Waals surface area contributed by atoms with E-state index in [0.717, 1.165) is 34.5 Å². The number of aromatic amines is 2. The van der Waals surface area contributed by atoms with Gasteiger partial charge in [0.1, 0.15) is 11.5 Å². The van der Waals surface area contributed by atoms with Gasteiger partial charge >= 0.3 is 0 Å². The molecule has 0 aliphatic rings. The van der Waals surface area contributed by atoms with Crippen molar-refractivity contribution in [3.05, 3.63) is 53.2 Å². The topological polar surface area (TPSA) is 69.4 Å². The van der Waals surface area contributed by atoms with E-state index in [0.29, 0.717) is 6.54 Å². The molecule has 5 nitrogen and oxygen atoms in total. The molecule has 0 fully saturated rings. The first-order chi connectivity index (χ1) is 12.7. The van der Waals surface area contributed by atoms with E-state index in [1.807, 2.05) is 52.0 Å². The van der Waals surface area contributed by atoms with Crippen LogP contribution >= 0.6 is 0 Å². The average molecular weight is 354 g/mol. The number of hydrogen-bond acceptors (Lipinski definition) is 3. The lowest BCUT2D eigenvalue weighted by molar-refractivity contribution is 1.06. The van der Waals surface area contributed by atoms with E-state index >= 15 is 0 Å². The van der Waals surface area contributed by atoms with Crippen LogP contribution in [0.3, 0.4) is 0 Å². The summed E-state index contributed by atoms with van der Waals surface area (Å²) in [6, 6.07) is 1.96. The van der Waals surface area contributed by atoms with Gasteiger partial charge in [-0.2, -0.15) is 5.10 Å². The molecule has 0 aliphatic heterocycles. The highest BCUT2D eigenvalue weighted by molar-refractivity contribution is 5.56. The van der Waals surface area contributed by atoms with E-state index in [1.165, 1.54) is 5.57 Å². The lowest BCUT2D eigenvalue weighted by atomic mass is 10.2. The van der Waals surface area contributed by atoms with Crippen LogP contribution in [0, 0.1) is 0 Å². The smallest absolute Gasteiger partial charge is 0.156 e. The molecule has 0 saturated carbocycles. The van der Waals surface area contributed by atoms with Crippen molar-refractivity contribution in [2.24, 2.45) is 0 Å². The summed E-state index contributed by atoms with van der Waals surface area (Å²) in [4.78, 5) is 7.94. The molecule has 0 spiro atoms. The number of nitrogens with zero attached hydrogens (tertiary/aromatic N) is 2. The largest absolute Gasteiger partial charge is 0.365 e. The number of hydrogen-bond donors (Lipinski definition) is 3. The summed E-state index contributed by atoms with van der Waals surface area (Å²) >= 11 is 0. The third kappa shape index (κ3) is 5.92. The summed E-state index contributed by atoms with van der Waals surface area (Å²) in [5, 5.41) is 12.6. The average Bonchev–Trinajstić information content (AvgIpc) is 3.30. The SMILES string of the molecule is C=C/C=C\C(=C/C)CNc1cc(-c2nc(=C/C)/c(=C\CC)[nH]2)[nH]n1.CC. The maximum absolute atomic E-state index is 4.61. The van der Waals surface area contributed by atoms with Crippen molar-refractivity contribution in [2.75, 3.05) is 11.9 Å². The number of anilines is 1. The third-order valence-corrected chi connectivity index (χ3v) is 3.57. The molecule has 0 bridgehead atoms. The predicted octanol–water partition coefficient (Wildman–Crippen LogP) is 3.92. The van der Waals surface area contributed by atoms with Gasteiger partial charge in [-0.05, 0) is 25.8 Å². The molecule has 2 heterocycles. The van der Waals surface area contributed by atoms with Crippen LogP contribution < -0.4 is 16.0 Å². The third-order valence-electron chi connectivity index (χ3n) is 3.57. The van der Waals surface area contributed by atoms with Crippen molar-refractivity contribution in [2.45, 2.75) is 41.0 Å². The Hall–Kier alpha value is -2.82. The lowest BCUT2D eigenvalue weighted by Gasteiger charge is -2.02. The molecule has 0 aliphatic carbocycles. The van der Waals surface area contributed by atoms with Gasteiger partial charge in [0.25, 0.3) is 0 Å². The van der Waals surface area contributed by atoms with Crippen LogP contribution in [0.5, 0.6) is 0 Å². The van der Waals surface area contributed by atoms with Crippen molar-refractivity contribution in [1.82, 2.24) is 20.2 Å². The molecule has 0 radical (unpaired) electrons. The van der Waals surface area contributed by atoms with Gasteiger partial charge in [0.15, 0.2) is 5.82 Å². The second kappa shape index (κ2) is 11.7. The molecule has 5 heteroatoms. The Bertz CT molecular complexity index is 849. The van der Waals surface area contributed by atoms with E-state index in [2.05, 4.69) is 51.1 Å². The molecule has 26 heavy (non-hydrogen) atoms. The maximum atomic E-state index is 4.61. The summed E-state index contributed by atoms with van der Waals surface area (Å²) in [5.74, 6) is 1.58. The number of nitrogens with one attached hydrogen (secondary N) is 3. The van der Waals surface area contributed by atoms with Crippen LogP contribution in [0.1, 0.15) is 41.0 Å². The van der Waals surface area contributed by atoms with E-state index in [-0.39, 0.29) is 0 Å². The number of H-pyrrole nitrogens is 2. The van der Waals surface area contributed by atoms with Gasteiger partial charge in [-0.3, -0.25) is 5.10 Å². The molecule has 140 valence electrons. The van der Waals surface area contributed by atoms with Gasteiger partial charge < -0.3 is 10.3 Å². The minimum Gasteiger partial charge on any atom is -0.365 e. The Labute approximate surface area is 156 Å². The van der Waals surface area contributed by atoms with Gasteiger partial charge in [0.2, 0.25) is 0 Å². The monoisotopic (exact) mass is 353 g/mol. The number of allylic oxidation sites excluding steroid dienone is 3. The van der Waals surface area contributed by atoms with Gasteiger partial charge in [0.05, 0.1) is 10.7 Å². The minimum absolute atomic E-state index is 0.701. The summed E-state index contributed by atoms with van der Waals surface area (Å²) in [6.07, 6.45) is 12.9. The molecule has 0 aromatic carbocycles. The van der Waals surface area contributed by atoms with E-state index < -0.39 is 0 Å². The molecule has 0 unspecified atom stereocenters. The van der Waals surface area contributed by atoms with Gasteiger partial charge in [-0.1, -0.05) is 63.8 Å². The molecule has 3 N–H and O–H groups in total. The zero-order valence-electron chi connectivity index (χ0n) is 16.6. The fourth-order valence-corrected chi connectivity index (χ4v) is 2.28. The van der Waals surface area contributed by atoms with Crippen molar-refractivity contribution >= 4 is 18.0 Å². The lowest BCUT2D eigenvalue weighted by Crippen LogP contribution is -2.23. The van der Waals surface area contributed by atoms with E-state index in [4.69, 9.17) is 0 Å². The van der Waals surface area contributed by atoms with Crippen LogP contribution in [0.2, 0.25) is 0 Å². The van der Waals surface area contributed by atoms with Crippen LogP contribution in [0.25, 0.3) is 23.7 Å². The number of aromatic nitrogens is 4. The molecule has 0 saturated heterocycles. The quantitative estimate of drug-likeness (QED) is 0.661. The first-order valence-electron chi connectivity index (χ1n) is 9.18. The maximum Gasteiger partial charge on any atom is 0.156 e. The highest BCUT2D eigenvalue weighted by Crippen LogP contribution is 2.14. The van der Waals surface area contributed by atoms with Gasteiger partial charge in [-0.15, -0.1) is 0 Å². The van der Waals surface area contributed by atoms with Crippen LogP contribution in [-0.4, -0.2) is 26.7 Å². The predicted molar refractivity (Wildman–Crippen MR) is 113 cm³/mol. The van der Waals surface area contributed by atoms with Crippen molar-refractivity contribution in [3.63, 3.8) is 0 Å². The fraction of sp³-hybridized carbons (Fsp3) is 0.333. The standard InChI is InChI=1S/C19H25N5.C2H6/c1-5-9-11-14(7-3)13-20-18-12-17(23-24-18)19-21-15(8-4)16(22-19)10-6-2;1-2/h5,7-12H,1,6,13H2,2-4H3,(H,21,22)(H2,20,23,24);1-2H3/b11-9-,14-7+,15-8+,16-10+;. The normalized spacial score (nSPS) is 13.0. The molecule has 2 rings (SSSR count). The van der Waals surface area contributed by atoms with Crippen molar-refractivity contribution in [1.29, 1.82) is 0 Å². The van der Waals surface area contributed by atoms with Gasteiger partial charge in [-0.25, -0.2) is 4.98 Å². The zero-order chi connectivity index (χ0) is 19.4.